The Morgan fingerprint density at radius 1 is 1.03 bits per heavy atom. The summed E-state index contributed by atoms with van der Waals surface area (Å²) in [4.78, 5) is 24.2. The number of amides is 1. The number of alkyl halides is 3. The van der Waals surface area contributed by atoms with E-state index in [9.17, 15) is 31.5 Å². The Hall–Kier alpha value is -3.56. The number of halogens is 5. The zero-order valence-electron chi connectivity index (χ0n) is 14.5. The number of nitrogens with one attached hydrogen (secondary N) is 1. The fraction of sp³-hybridized carbons (Fsp3) is 0.105. The van der Waals surface area contributed by atoms with Crippen LogP contribution in [0.15, 0.2) is 59.4 Å². The van der Waals surface area contributed by atoms with Crippen LogP contribution in [-0.4, -0.2) is 15.7 Å². The van der Waals surface area contributed by atoms with Crippen LogP contribution in [-0.2, 0) is 12.7 Å². The Balaban J connectivity index is 1.84. The van der Waals surface area contributed by atoms with Crippen molar-refractivity contribution in [3.05, 3.63) is 93.4 Å². The number of benzene rings is 2. The van der Waals surface area contributed by atoms with Crippen LogP contribution >= 0.6 is 0 Å². The number of anilines is 1. The number of nitrogens with zero attached hydrogens (tertiary/aromatic N) is 2. The van der Waals surface area contributed by atoms with Crippen molar-refractivity contribution >= 4 is 11.6 Å². The standard InChI is InChI=1S/C19H12F5N3O2/c20-12-3-1-2-11(8-12)10-27-17(28)7-6-16(26-27)18(29)25-13-4-5-15(21)14(9-13)19(22,23)24/h1-9H,10H2,(H,25,29). The van der Waals surface area contributed by atoms with Crippen molar-refractivity contribution in [1.29, 1.82) is 0 Å². The Labute approximate surface area is 160 Å². The second-order valence-corrected chi connectivity index (χ2v) is 5.99. The summed E-state index contributed by atoms with van der Waals surface area (Å²) >= 11 is 0. The highest BCUT2D eigenvalue weighted by atomic mass is 19.4. The van der Waals surface area contributed by atoms with Crippen LogP contribution in [0, 0.1) is 11.6 Å². The molecule has 0 aliphatic carbocycles. The zero-order chi connectivity index (χ0) is 21.2. The number of carbonyl (C=O) groups is 1. The third-order valence-corrected chi connectivity index (χ3v) is 3.85. The fourth-order valence-corrected chi connectivity index (χ4v) is 2.51. The van der Waals surface area contributed by atoms with Gasteiger partial charge in [0, 0.05) is 11.8 Å². The normalized spacial score (nSPS) is 11.3. The lowest BCUT2D eigenvalue weighted by Gasteiger charge is -2.11. The molecule has 0 radical (unpaired) electrons. The van der Waals surface area contributed by atoms with Crippen LogP contribution in [0.25, 0.3) is 0 Å². The highest BCUT2D eigenvalue weighted by Gasteiger charge is 2.34. The molecule has 1 heterocycles. The zero-order valence-corrected chi connectivity index (χ0v) is 14.5. The lowest BCUT2D eigenvalue weighted by Crippen LogP contribution is -2.26. The SMILES string of the molecule is O=C(Nc1ccc(F)c(C(F)(F)F)c1)c1ccc(=O)n(Cc2cccc(F)c2)n1. The molecule has 29 heavy (non-hydrogen) atoms. The third kappa shape index (κ3) is 4.84. The molecule has 0 bridgehead atoms. The van der Waals surface area contributed by atoms with Gasteiger partial charge in [-0.25, -0.2) is 13.5 Å². The van der Waals surface area contributed by atoms with Gasteiger partial charge in [0.15, 0.2) is 0 Å². The molecule has 3 aromatic rings. The Kier molecular flexibility index (Phi) is 5.44. The molecular formula is C19H12F5N3O2. The van der Waals surface area contributed by atoms with Crippen LogP contribution in [0.2, 0.25) is 0 Å². The molecule has 0 aliphatic heterocycles. The number of hydrogen-bond acceptors (Lipinski definition) is 3. The van der Waals surface area contributed by atoms with E-state index in [0.717, 1.165) is 22.9 Å². The molecule has 0 saturated carbocycles. The molecule has 1 aromatic heterocycles. The van der Waals surface area contributed by atoms with E-state index in [1.165, 1.54) is 18.2 Å². The molecule has 10 heteroatoms. The third-order valence-electron chi connectivity index (χ3n) is 3.85. The molecule has 1 N–H and O–H groups in total. The molecule has 1 amide bonds. The number of carbonyl (C=O) groups excluding carboxylic acids is 1. The van der Waals surface area contributed by atoms with Gasteiger partial charge in [-0.15, -0.1) is 0 Å². The molecule has 0 aliphatic rings. The molecule has 0 saturated heterocycles. The monoisotopic (exact) mass is 409 g/mol. The van der Waals surface area contributed by atoms with E-state index < -0.39 is 34.8 Å². The van der Waals surface area contributed by atoms with Gasteiger partial charge < -0.3 is 5.32 Å². The molecule has 3 rings (SSSR count). The Morgan fingerprint density at radius 3 is 2.48 bits per heavy atom. The largest absolute Gasteiger partial charge is 0.419 e. The van der Waals surface area contributed by atoms with Gasteiger partial charge in [-0.3, -0.25) is 9.59 Å². The number of rotatable bonds is 4. The summed E-state index contributed by atoms with van der Waals surface area (Å²) in [6, 6.07) is 9.55. The first-order valence-electron chi connectivity index (χ1n) is 8.14. The van der Waals surface area contributed by atoms with Gasteiger partial charge in [-0.2, -0.15) is 18.3 Å². The van der Waals surface area contributed by atoms with Crippen LogP contribution < -0.4 is 10.9 Å². The molecule has 0 fully saturated rings. The Morgan fingerprint density at radius 2 is 1.79 bits per heavy atom. The van der Waals surface area contributed by atoms with E-state index in [1.807, 2.05) is 0 Å². The highest BCUT2D eigenvalue weighted by Crippen LogP contribution is 2.33. The summed E-state index contributed by atoms with van der Waals surface area (Å²) in [5.74, 6) is -2.89. The maximum absolute atomic E-state index is 13.3. The van der Waals surface area contributed by atoms with Gasteiger partial charge in [0.2, 0.25) is 0 Å². The van der Waals surface area contributed by atoms with Crippen molar-refractivity contribution in [3.8, 4) is 0 Å². The number of hydrogen-bond donors (Lipinski definition) is 1. The maximum Gasteiger partial charge on any atom is 0.419 e. The van der Waals surface area contributed by atoms with E-state index in [1.54, 1.807) is 6.07 Å². The van der Waals surface area contributed by atoms with Crippen molar-refractivity contribution in [2.75, 3.05) is 5.32 Å². The van der Waals surface area contributed by atoms with Gasteiger partial charge in [-0.05, 0) is 42.0 Å². The fourth-order valence-electron chi connectivity index (χ4n) is 2.51. The summed E-state index contributed by atoms with van der Waals surface area (Å²) in [5, 5.41) is 6.03. The minimum absolute atomic E-state index is 0.119. The summed E-state index contributed by atoms with van der Waals surface area (Å²) < 4.78 is 65.9. The summed E-state index contributed by atoms with van der Waals surface area (Å²) in [6.07, 6.45) is -4.93. The van der Waals surface area contributed by atoms with Crippen molar-refractivity contribution in [2.24, 2.45) is 0 Å². The Bertz CT molecular complexity index is 1130. The lowest BCUT2D eigenvalue weighted by atomic mass is 10.1. The van der Waals surface area contributed by atoms with Gasteiger partial charge in [0.25, 0.3) is 11.5 Å². The minimum Gasteiger partial charge on any atom is -0.321 e. The van der Waals surface area contributed by atoms with Crippen molar-refractivity contribution in [3.63, 3.8) is 0 Å². The summed E-state index contributed by atoms with van der Waals surface area (Å²) in [5.41, 5.74) is -2.23. The smallest absolute Gasteiger partial charge is 0.321 e. The second-order valence-electron chi connectivity index (χ2n) is 5.99. The van der Waals surface area contributed by atoms with E-state index in [-0.39, 0.29) is 17.9 Å². The van der Waals surface area contributed by atoms with Crippen LogP contribution in [0.4, 0.5) is 27.6 Å². The van der Waals surface area contributed by atoms with Crippen LogP contribution in [0.5, 0.6) is 0 Å². The van der Waals surface area contributed by atoms with E-state index in [4.69, 9.17) is 0 Å². The topological polar surface area (TPSA) is 64.0 Å². The first kappa shape index (κ1) is 20.2. The van der Waals surface area contributed by atoms with Gasteiger partial charge in [-0.1, -0.05) is 12.1 Å². The minimum atomic E-state index is -4.93. The second kappa shape index (κ2) is 7.82. The van der Waals surface area contributed by atoms with Gasteiger partial charge in [0.1, 0.15) is 17.3 Å². The first-order valence-corrected chi connectivity index (χ1v) is 8.14. The average molecular weight is 409 g/mol. The predicted octanol–water partition coefficient (Wildman–Crippen LogP) is 3.84. The first-order chi connectivity index (χ1) is 13.6. The molecule has 2 aromatic carbocycles. The average Bonchev–Trinajstić information content (AvgIpc) is 2.64. The predicted molar refractivity (Wildman–Crippen MR) is 93.4 cm³/mol. The molecule has 150 valence electrons. The molecule has 0 atom stereocenters. The molecule has 0 spiro atoms. The summed E-state index contributed by atoms with van der Waals surface area (Å²) in [6.45, 7) is -0.119. The maximum atomic E-state index is 13.3. The van der Waals surface area contributed by atoms with E-state index in [2.05, 4.69) is 10.4 Å². The van der Waals surface area contributed by atoms with Crippen LogP contribution in [0.1, 0.15) is 21.6 Å². The quantitative estimate of drug-likeness (QED) is 0.666. The molecule has 5 nitrogen and oxygen atoms in total. The van der Waals surface area contributed by atoms with Crippen molar-refractivity contribution in [2.45, 2.75) is 12.7 Å². The van der Waals surface area contributed by atoms with Gasteiger partial charge in [0.05, 0.1) is 12.1 Å². The molecule has 0 unspecified atom stereocenters. The van der Waals surface area contributed by atoms with Crippen molar-refractivity contribution < 1.29 is 26.7 Å². The number of aromatic nitrogens is 2. The van der Waals surface area contributed by atoms with E-state index >= 15 is 0 Å². The van der Waals surface area contributed by atoms with Crippen molar-refractivity contribution in [1.82, 2.24) is 9.78 Å². The lowest BCUT2D eigenvalue weighted by molar-refractivity contribution is -0.139. The highest BCUT2D eigenvalue weighted by molar-refractivity contribution is 6.02. The molecular weight excluding hydrogens is 397 g/mol. The van der Waals surface area contributed by atoms with E-state index in [0.29, 0.717) is 17.7 Å². The van der Waals surface area contributed by atoms with Crippen LogP contribution in [0.3, 0.4) is 0 Å². The summed E-state index contributed by atoms with van der Waals surface area (Å²) in [7, 11) is 0. The van der Waals surface area contributed by atoms with Gasteiger partial charge >= 0.3 is 6.18 Å².